The normalized spacial score (nSPS) is 18.5. The van der Waals surface area contributed by atoms with E-state index in [9.17, 15) is 14.4 Å². The summed E-state index contributed by atoms with van der Waals surface area (Å²) >= 11 is 0. The Bertz CT molecular complexity index is 1310. The Morgan fingerprint density at radius 3 is 2.51 bits per heavy atom. The highest BCUT2D eigenvalue weighted by atomic mass is 16.2. The van der Waals surface area contributed by atoms with Crippen LogP contribution in [0.5, 0.6) is 0 Å². The summed E-state index contributed by atoms with van der Waals surface area (Å²) in [6, 6.07) is 16.9. The smallest absolute Gasteiger partial charge is 0.245 e. The number of rotatable bonds is 9. The average Bonchev–Trinajstić information content (AvgIpc) is 3.34. The first-order chi connectivity index (χ1) is 18.5. The van der Waals surface area contributed by atoms with Gasteiger partial charge < -0.3 is 20.9 Å². The average molecular weight is 533 g/mol. The van der Waals surface area contributed by atoms with Crippen molar-refractivity contribution in [2.75, 3.05) is 27.2 Å². The largest absolute Gasteiger partial charge is 0.361 e. The van der Waals surface area contributed by atoms with E-state index in [1.807, 2.05) is 60.8 Å². The number of nitrogens with one attached hydrogen (secondary N) is 3. The van der Waals surface area contributed by atoms with Gasteiger partial charge in [-0.3, -0.25) is 19.4 Å². The highest BCUT2D eigenvalue weighted by molar-refractivity contribution is 5.93. The van der Waals surface area contributed by atoms with Crippen molar-refractivity contribution in [1.82, 2.24) is 25.6 Å². The number of hydrazine groups is 1. The summed E-state index contributed by atoms with van der Waals surface area (Å²) in [7, 11) is 3.42. The van der Waals surface area contributed by atoms with Gasteiger partial charge in [-0.25, -0.2) is 5.43 Å². The molecule has 1 aromatic heterocycles. The number of nitrogens with two attached hydrogens (primary N) is 1. The van der Waals surface area contributed by atoms with Crippen LogP contribution < -0.4 is 16.5 Å². The number of hydrogen-bond donors (Lipinski definition) is 4. The SMILES string of the molecule is CNN(C)C(=O)[C@@]1(Cc2ccccc2)CCCN(C(=O)[C@@H](Cc2c[nH]c3ccccc23)NC(=O)C(C)(C)N)C1. The number of piperidine rings is 1. The first kappa shape index (κ1) is 28.3. The second-order valence-corrected chi connectivity index (χ2v) is 11.2. The molecule has 5 N–H and O–H groups in total. The number of nitrogens with zero attached hydrogens (tertiary/aromatic N) is 2. The molecule has 4 rings (SSSR count). The van der Waals surface area contributed by atoms with Gasteiger partial charge in [-0.1, -0.05) is 48.5 Å². The van der Waals surface area contributed by atoms with Crippen LogP contribution in [0.25, 0.3) is 10.9 Å². The van der Waals surface area contributed by atoms with E-state index < -0.39 is 22.9 Å². The van der Waals surface area contributed by atoms with Crippen LogP contribution in [0, 0.1) is 5.41 Å². The number of benzene rings is 2. The number of hydrogen-bond acceptors (Lipinski definition) is 5. The number of carbonyl (C=O) groups is 3. The molecule has 0 aliphatic carbocycles. The van der Waals surface area contributed by atoms with Gasteiger partial charge >= 0.3 is 0 Å². The van der Waals surface area contributed by atoms with Gasteiger partial charge in [0.25, 0.3) is 0 Å². The van der Waals surface area contributed by atoms with Gasteiger partial charge in [0.1, 0.15) is 6.04 Å². The number of aromatic amines is 1. The second kappa shape index (κ2) is 11.6. The third-order valence-electron chi connectivity index (χ3n) is 7.66. The van der Waals surface area contributed by atoms with Gasteiger partial charge in [-0.05, 0) is 50.3 Å². The van der Waals surface area contributed by atoms with Crippen molar-refractivity contribution in [3.05, 3.63) is 71.9 Å². The first-order valence-electron chi connectivity index (χ1n) is 13.5. The zero-order chi connectivity index (χ0) is 28.2. The number of carbonyl (C=O) groups excluding carboxylic acids is 3. The lowest BCUT2D eigenvalue weighted by Gasteiger charge is -2.44. The van der Waals surface area contributed by atoms with Crippen molar-refractivity contribution < 1.29 is 14.4 Å². The van der Waals surface area contributed by atoms with Gasteiger partial charge in [-0.15, -0.1) is 0 Å². The summed E-state index contributed by atoms with van der Waals surface area (Å²) in [4.78, 5) is 45.9. The van der Waals surface area contributed by atoms with Crippen LogP contribution in [0.2, 0.25) is 0 Å². The fourth-order valence-electron chi connectivity index (χ4n) is 5.44. The van der Waals surface area contributed by atoms with Crippen molar-refractivity contribution in [2.45, 2.75) is 51.1 Å². The van der Waals surface area contributed by atoms with Crippen LogP contribution in [-0.4, -0.2) is 71.4 Å². The van der Waals surface area contributed by atoms with Gasteiger partial charge in [0.15, 0.2) is 0 Å². The molecule has 1 saturated heterocycles. The predicted octanol–water partition coefficient (Wildman–Crippen LogP) is 2.38. The minimum atomic E-state index is -1.15. The first-order valence-corrected chi connectivity index (χ1v) is 13.5. The number of aromatic nitrogens is 1. The molecule has 9 nitrogen and oxygen atoms in total. The van der Waals surface area contributed by atoms with Gasteiger partial charge in [0.2, 0.25) is 17.7 Å². The lowest BCUT2D eigenvalue weighted by molar-refractivity contribution is -0.151. The highest BCUT2D eigenvalue weighted by Gasteiger charge is 2.46. The van der Waals surface area contributed by atoms with E-state index >= 15 is 0 Å². The van der Waals surface area contributed by atoms with Crippen LogP contribution in [0.3, 0.4) is 0 Å². The lowest BCUT2D eigenvalue weighted by Crippen LogP contribution is -2.61. The minimum Gasteiger partial charge on any atom is -0.361 e. The molecule has 2 heterocycles. The van der Waals surface area contributed by atoms with E-state index in [0.717, 1.165) is 22.0 Å². The van der Waals surface area contributed by atoms with Crippen LogP contribution in [0.4, 0.5) is 0 Å². The van der Waals surface area contributed by atoms with E-state index in [0.29, 0.717) is 32.2 Å². The van der Waals surface area contributed by atoms with Crippen LogP contribution in [0.15, 0.2) is 60.8 Å². The van der Waals surface area contributed by atoms with Gasteiger partial charge in [0, 0.05) is 50.7 Å². The maximum atomic E-state index is 14.1. The van der Waals surface area contributed by atoms with E-state index in [2.05, 4.69) is 15.7 Å². The molecule has 2 atom stereocenters. The Balaban J connectivity index is 1.65. The summed E-state index contributed by atoms with van der Waals surface area (Å²) < 4.78 is 0. The van der Waals surface area contributed by atoms with E-state index in [1.165, 1.54) is 5.01 Å². The highest BCUT2D eigenvalue weighted by Crippen LogP contribution is 2.36. The maximum absolute atomic E-state index is 14.1. The molecule has 39 heavy (non-hydrogen) atoms. The molecule has 9 heteroatoms. The predicted molar refractivity (Wildman–Crippen MR) is 152 cm³/mol. The number of likely N-dealkylation sites (tertiary alicyclic amines) is 1. The Kier molecular flexibility index (Phi) is 8.42. The molecule has 208 valence electrons. The summed E-state index contributed by atoms with van der Waals surface area (Å²) in [6.07, 6.45) is 4.03. The molecule has 1 aliphatic heterocycles. The van der Waals surface area contributed by atoms with Crippen molar-refractivity contribution in [1.29, 1.82) is 0 Å². The number of para-hydroxylation sites is 1. The Hall–Kier alpha value is -3.69. The lowest BCUT2D eigenvalue weighted by atomic mass is 9.74. The van der Waals surface area contributed by atoms with Gasteiger partial charge in [-0.2, -0.15) is 0 Å². The molecule has 0 saturated carbocycles. The van der Waals surface area contributed by atoms with E-state index in [1.54, 1.807) is 32.8 Å². The number of amides is 3. The van der Waals surface area contributed by atoms with E-state index in [4.69, 9.17) is 5.73 Å². The van der Waals surface area contributed by atoms with Crippen LogP contribution >= 0.6 is 0 Å². The molecule has 0 unspecified atom stereocenters. The molecule has 3 aromatic rings. The third-order valence-corrected chi connectivity index (χ3v) is 7.66. The number of H-pyrrole nitrogens is 1. The van der Waals surface area contributed by atoms with Crippen molar-refractivity contribution in [3.63, 3.8) is 0 Å². The Morgan fingerprint density at radius 1 is 1.13 bits per heavy atom. The van der Waals surface area contributed by atoms with Crippen LogP contribution in [-0.2, 0) is 27.2 Å². The summed E-state index contributed by atoms with van der Waals surface area (Å²) in [5.74, 6) is -0.680. The van der Waals surface area contributed by atoms with Crippen molar-refractivity contribution in [3.8, 4) is 0 Å². The fourth-order valence-corrected chi connectivity index (χ4v) is 5.44. The molecular weight excluding hydrogens is 492 g/mol. The van der Waals surface area contributed by atoms with Crippen LogP contribution in [0.1, 0.15) is 37.8 Å². The quantitative estimate of drug-likeness (QED) is 0.315. The zero-order valence-corrected chi connectivity index (χ0v) is 23.3. The molecular formula is C30H40N6O3. The van der Waals surface area contributed by atoms with Crippen molar-refractivity contribution >= 4 is 28.6 Å². The summed E-state index contributed by atoms with van der Waals surface area (Å²) in [5, 5.41) is 5.42. The van der Waals surface area contributed by atoms with Gasteiger partial charge in [0.05, 0.1) is 11.0 Å². The zero-order valence-electron chi connectivity index (χ0n) is 23.3. The molecule has 1 fully saturated rings. The standard InChI is InChI=1S/C30H40N6O3/c1-29(2,31)27(38)34-25(17-22-19-33-24-14-9-8-13-23(22)24)26(37)36-16-10-15-30(20-36,28(39)35(4)32-3)18-21-11-6-5-7-12-21/h5-9,11-14,19,25,32-33H,10,15-18,20,31H2,1-4H3,(H,34,38)/t25-,30-/m1/s1. The minimum absolute atomic E-state index is 0.0633. The Labute approximate surface area is 230 Å². The van der Waals surface area contributed by atoms with Crippen molar-refractivity contribution in [2.24, 2.45) is 11.1 Å². The monoisotopic (exact) mass is 532 g/mol. The van der Waals surface area contributed by atoms with E-state index in [-0.39, 0.29) is 18.4 Å². The molecule has 1 aliphatic rings. The molecule has 0 radical (unpaired) electrons. The maximum Gasteiger partial charge on any atom is 0.245 e. The molecule has 0 spiro atoms. The third kappa shape index (κ3) is 6.32. The topological polar surface area (TPSA) is 124 Å². The fraction of sp³-hybridized carbons (Fsp3) is 0.433. The molecule has 0 bridgehead atoms. The summed E-state index contributed by atoms with van der Waals surface area (Å²) in [6.45, 7) is 4.01. The Morgan fingerprint density at radius 2 is 1.82 bits per heavy atom. The number of fused-ring (bicyclic) bond motifs is 1. The second-order valence-electron chi connectivity index (χ2n) is 11.2. The molecule has 3 amide bonds. The summed E-state index contributed by atoms with van der Waals surface area (Å²) in [5.41, 5.74) is 10.0. The molecule has 2 aromatic carbocycles.